The molecule has 2 aromatic carbocycles. The molecule has 0 radical (unpaired) electrons. The van der Waals surface area contributed by atoms with E-state index in [1.165, 1.54) is 29.6 Å². The summed E-state index contributed by atoms with van der Waals surface area (Å²) in [5.41, 5.74) is 6.59. The van der Waals surface area contributed by atoms with Gasteiger partial charge in [-0.25, -0.2) is 0 Å². The number of amides is 1. The Labute approximate surface area is 335 Å². The van der Waals surface area contributed by atoms with Crippen LogP contribution in [-0.2, 0) is 16.1 Å². The zero-order valence-corrected chi connectivity index (χ0v) is 35.4. The Morgan fingerprint density at radius 3 is 2.27 bits per heavy atom. The van der Waals surface area contributed by atoms with E-state index >= 15 is 0 Å². The molecule has 5 aliphatic carbocycles. The number of Topliss-reactive ketones (excluding diaryl/α,β-unsaturated/α-hetero) is 1. The molecule has 55 heavy (non-hydrogen) atoms. The molecule has 7 rings (SSSR count). The molecule has 0 aromatic heterocycles. The predicted octanol–water partition coefficient (Wildman–Crippen LogP) is 9.67. The van der Waals surface area contributed by atoms with Crippen molar-refractivity contribution in [1.29, 1.82) is 0 Å². The van der Waals surface area contributed by atoms with Gasteiger partial charge in [0.1, 0.15) is 6.29 Å². The zero-order chi connectivity index (χ0) is 39.5. The number of allylic oxidation sites excluding steroid dienone is 3. The van der Waals surface area contributed by atoms with Crippen molar-refractivity contribution in [3.8, 4) is 0 Å². The number of nitrogens with zero attached hydrogens (tertiary/aromatic N) is 2. The van der Waals surface area contributed by atoms with Crippen LogP contribution in [0.15, 0.2) is 65.8 Å². The molecule has 5 aliphatic rings. The summed E-state index contributed by atoms with van der Waals surface area (Å²) in [5, 5.41) is 4.32. The number of fused-ring (bicyclic) bond motifs is 7. The molecular weight excluding hydrogens is 702 g/mol. The number of likely N-dealkylation sites (N-methyl/N-ethyl adjacent to an activating group) is 1. The van der Waals surface area contributed by atoms with Crippen molar-refractivity contribution in [3.63, 3.8) is 0 Å². The Morgan fingerprint density at radius 2 is 1.62 bits per heavy atom. The highest BCUT2D eigenvalue weighted by Crippen LogP contribution is 2.72. The monoisotopic (exact) mass is 765 g/mol. The second-order valence-electron chi connectivity index (χ2n) is 19.6. The average molecular weight is 767 g/mol. The summed E-state index contributed by atoms with van der Waals surface area (Å²) in [6.07, 6.45) is 11.4. The van der Waals surface area contributed by atoms with Crippen LogP contribution >= 0.6 is 11.6 Å². The van der Waals surface area contributed by atoms with Crippen LogP contribution in [0.3, 0.4) is 0 Å². The largest absolute Gasteiger partial charge is 0.345 e. The van der Waals surface area contributed by atoms with Crippen LogP contribution < -0.4 is 5.32 Å². The van der Waals surface area contributed by atoms with Gasteiger partial charge in [0.05, 0.1) is 12.1 Å². The molecule has 296 valence electrons. The van der Waals surface area contributed by atoms with Crippen molar-refractivity contribution in [3.05, 3.63) is 87.5 Å². The van der Waals surface area contributed by atoms with E-state index in [1.807, 2.05) is 36.4 Å². The number of rotatable bonds is 11. The fourth-order valence-corrected chi connectivity index (χ4v) is 13.3. The first-order valence-corrected chi connectivity index (χ1v) is 21.4. The molecule has 2 aromatic rings. The van der Waals surface area contributed by atoms with Gasteiger partial charge in [0.15, 0.2) is 5.78 Å². The first kappa shape index (κ1) is 40.1. The van der Waals surface area contributed by atoms with Gasteiger partial charge in [-0.2, -0.15) is 0 Å². The normalized spacial score (nSPS) is 32.5. The smallest absolute Gasteiger partial charge is 0.234 e. The highest BCUT2D eigenvalue weighted by Gasteiger charge is 2.65. The lowest BCUT2D eigenvalue weighted by atomic mass is 9.37. The van der Waals surface area contributed by atoms with Gasteiger partial charge in [0.25, 0.3) is 0 Å². The van der Waals surface area contributed by atoms with Gasteiger partial charge in [-0.1, -0.05) is 95.6 Å². The zero-order valence-electron chi connectivity index (χ0n) is 34.6. The van der Waals surface area contributed by atoms with Gasteiger partial charge >= 0.3 is 0 Å². The summed E-state index contributed by atoms with van der Waals surface area (Å²) in [4.78, 5) is 44.1. The number of halogens is 1. The maximum Gasteiger partial charge on any atom is 0.234 e. The minimum absolute atomic E-state index is 0.0130. The summed E-state index contributed by atoms with van der Waals surface area (Å²) < 4.78 is 0. The van der Waals surface area contributed by atoms with E-state index < -0.39 is 5.54 Å². The lowest BCUT2D eigenvalue weighted by Gasteiger charge is -2.68. The van der Waals surface area contributed by atoms with Crippen molar-refractivity contribution < 1.29 is 14.4 Å². The average Bonchev–Trinajstić information content (AvgIpc) is 3.43. The van der Waals surface area contributed by atoms with Crippen molar-refractivity contribution in [2.45, 2.75) is 105 Å². The van der Waals surface area contributed by atoms with Crippen LogP contribution in [-0.4, -0.2) is 67.0 Å². The minimum atomic E-state index is -0.587. The van der Waals surface area contributed by atoms with E-state index in [0.29, 0.717) is 41.7 Å². The highest BCUT2D eigenvalue weighted by atomic mass is 35.5. The number of aldehydes is 1. The third-order valence-electron chi connectivity index (χ3n) is 15.5. The molecular formula is C48H64ClN3O3. The topological polar surface area (TPSA) is 69.7 Å². The summed E-state index contributed by atoms with van der Waals surface area (Å²) in [6, 6.07) is 16.1. The van der Waals surface area contributed by atoms with E-state index in [0.717, 1.165) is 68.2 Å². The SMILES string of the molecule is CC(C)C1=C2C3CCC4C(C)(CCC5C(C)(C)C(c6ccc(C=O)cc6)=CCC54C)C3CCC2(NC(=O)CN(CCN(C)C)Cc2ccc(Cl)cc2)CC1=O. The van der Waals surface area contributed by atoms with E-state index in [1.54, 1.807) is 0 Å². The number of hydrogen-bond donors (Lipinski definition) is 1. The Balaban J connectivity index is 1.15. The van der Waals surface area contributed by atoms with Crippen molar-refractivity contribution in [2.24, 2.45) is 45.8 Å². The molecule has 0 aliphatic heterocycles. The first-order chi connectivity index (χ1) is 26.0. The van der Waals surface area contributed by atoms with Crippen LogP contribution in [0.5, 0.6) is 0 Å². The minimum Gasteiger partial charge on any atom is -0.345 e. The summed E-state index contributed by atoms with van der Waals surface area (Å²) >= 11 is 6.19. The maximum atomic E-state index is 14.3. The van der Waals surface area contributed by atoms with Gasteiger partial charge in [0.2, 0.25) is 5.91 Å². The molecule has 0 saturated heterocycles. The Hall–Kier alpha value is -3.06. The lowest BCUT2D eigenvalue weighted by Crippen LogP contribution is -2.62. The fraction of sp³-hybridized carbons (Fsp3) is 0.604. The van der Waals surface area contributed by atoms with E-state index in [4.69, 9.17) is 11.6 Å². The van der Waals surface area contributed by atoms with Gasteiger partial charge in [0, 0.05) is 36.6 Å². The van der Waals surface area contributed by atoms with Gasteiger partial charge in [-0.15, -0.1) is 0 Å². The van der Waals surface area contributed by atoms with Gasteiger partial charge in [-0.3, -0.25) is 19.3 Å². The Bertz CT molecular complexity index is 1860. The lowest BCUT2D eigenvalue weighted by molar-refractivity contribution is -0.154. The van der Waals surface area contributed by atoms with Crippen LogP contribution in [0.1, 0.15) is 114 Å². The second-order valence-corrected chi connectivity index (χ2v) is 20.1. The Kier molecular flexibility index (Phi) is 11.0. The number of ketones is 1. The third-order valence-corrected chi connectivity index (χ3v) is 15.7. The van der Waals surface area contributed by atoms with Gasteiger partial charge in [-0.05, 0) is 145 Å². The molecule has 0 heterocycles. The molecule has 7 atom stereocenters. The Morgan fingerprint density at radius 1 is 0.909 bits per heavy atom. The maximum absolute atomic E-state index is 14.3. The number of benzene rings is 2. The van der Waals surface area contributed by atoms with Crippen LogP contribution in [0.25, 0.3) is 5.57 Å². The number of hydrogen-bond acceptors (Lipinski definition) is 5. The molecule has 7 unspecified atom stereocenters. The quantitative estimate of drug-likeness (QED) is 0.231. The molecule has 0 bridgehead atoms. The van der Waals surface area contributed by atoms with Crippen LogP contribution in [0.2, 0.25) is 5.02 Å². The standard InChI is InChI=1S/C48H64ClN3O3/c1-31(2)43-39(54)27-48(50-42(55)29-52(26-25-51(7)8)28-32-11-15-35(49)16-12-32)24-20-38-36(44(43)48)17-18-41-46(38,5)23-21-40-45(3,4)37(19-22-47(40,41)6)34-13-9-33(30-53)10-14-34/h9-16,19,30-31,36,38,40-41H,17-18,20-29H2,1-8H3,(H,50,55). The first-order valence-electron chi connectivity index (χ1n) is 21.0. The van der Waals surface area contributed by atoms with Crippen LogP contribution in [0, 0.1) is 45.8 Å². The summed E-state index contributed by atoms with van der Waals surface area (Å²) in [6.45, 7) is 17.0. The van der Waals surface area contributed by atoms with Crippen LogP contribution in [0.4, 0.5) is 0 Å². The van der Waals surface area contributed by atoms with Crippen molar-refractivity contribution >= 4 is 35.2 Å². The molecule has 1 amide bonds. The van der Waals surface area contributed by atoms with E-state index in [-0.39, 0.29) is 40.4 Å². The fourth-order valence-electron chi connectivity index (χ4n) is 13.2. The highest BCUT2D eigenvalue weighted by molar-refractivity contribution is 6.30. The van der Waals surface area contributed by atoms with Crippen molar-refractivity contribution in [1.82, 2.24) is 15.1 Å². The summed E-state index contributed by atoms with van der Waals surface area (Å²) in [5.74, 6) is 2.35. The molecule has 6 nitrogen and oxygen atoms in total. The number of nitrogens with one attached hydrogen (secondary N) is 1. The van der Waals surface area contributed by atoms with Gasteiger partial charge < -0.3 is 10.2 Å². The second kappa shape index (κ2) is 15.0. The molecule has 1 N–H and O–H groups in total. The van der Waals surface area contributed by atoms with E-state index in [9.17, 15) is 14.4 Å². The third kappa shape index (κ3) is 7.12. The molecule has 3 saturated carbocycles. The summed E-state index contributed by atoms with van der Waals surface area (Å²) in [7, 11) is 4.13. The van der Waals surface area contributed by atoms with E-state index in [2.05, 4.69) is 89.0 Å². The number of carbonyl (C=O) groups excluding carboxylic acids is 3. The van der Waals surface area contributed by atoms with Crippen molar-refractivity contribution in [2.75, 3.05) is 33.7 Å². The molecule has 7 heteroatoms. The number of carbonyl (C=O) groups is 3. The predicted molar refractivity (Wildman–Crippen MR) is 224 cm³/mol. The molecule has 0 spiro atoms. The molecule has 3 fully saturated rings.